The van der Waals surface area contributed by atoms with E-state index in [9.17, 15) is 0 Å². The summed E-state index contributed by atoms with van der Waals surface area (Å²) in [5, 5.41) is 0. The first-order valence-corrected chi connectivity index (χ1v) is 9.34. The van der Waals surface area contributed by atoms with Crippen molar-refractivity contribution in [3.05, 3.63) is 0 Å². The molecule has 0 aromatic rings. The van der Waals surface area contributed by atoms with E-state index in [1.807, 2.05) is 0 Å². The average molecular weight is 330 g/mol. The first-order valence-electron chi connectivity index (χ1n) is 5.58. The van der Waals surface area contributed by atoms with Crippen molar-refractivity contribution in [3.8, 4) is 0 Å². The second-order valence-electron chi connectivity index (χ2n) is 3.49. The van der Waals surface area contributed by atoms with Gasteiger partial charge in [-0.15, -0.1) is 0 Å². The molecule has 0 aliphatic heterocycles. The molecule has 0 N–H and O–H groups in total. The molecule has 0 bridgehead atoms. The zero-order valence-corrected chi connectivity index (χ0v) is 12.8. The molecule has 4 heteroatoms. The molecule has 0 unspecified atom stereocenters. The van der Waals surface area contributed by atoms with Gasteiger partial charge in [-0.2, -0.15) is 0 Å². The van der Waals surface area contributed by atoms with Gasteiger partial charge in [0.2, 0.25) is 0 Å². The summed E-state index contributed by atoms with van der Waals surface area (Å²) in [5.74, 6) is 0. The van der Waals surface area contributed by atoms with Gasteiger partial charge >= 0.3 is 8.56 Å². The Morgan fingerprint density at radius 1 is 0.929 bits per heavy atom. The summed E-state index contributed by atoms with van der Waals surface area (Å²) < 4.78 is 13.0. The lowest BCUT2D eigenvalue weighted by Gasteiger charge is -2.28. The van der Waals surface area contributed by atoms with Crippen molar-refractivity contribution in [3.63, 3.8) is 0 Å². The van der Waals surface area contributed by atoms with Crippen molar-refractivity contribution >= 4 is 31.2 Å². The van der Waals surface area contributed by atoms with Crippen LogP contribution in [0.1, 0.15) is 40.0 Å². The Morgan fingerprint density at radius 3 is 1.71 bits per heavy atom. The zero-order chi connectivity index (χ0) is 10.9. The molecular weight excluding hydrogens is 307 g/mol. The molecule has 0 heterocycles. The predicted octanol–water partition coefficient (Wildman–Crippen LogP) is 3.67. The van der Waals surface area contributed by atoms with Crippen LogP contribution in [0.3, 0.4) is 0 Å². The van der Waals surface area contributed by atoms with E-state index >= 15 is 0 Å². The quantitative estimate of drug-likeness (QED) is 0.365. The lowest BCUT2D eigenvalue weighted by atomic mass is 10.5. The van der Waals surface area contributed by atoms with Crippen LogP contribution in [-0.2, 0) is 8.85 Å². The number of hydrogen-bond donors (Lipinski definition) is 0. The van der Waals surface area contributed by atoms with Crippen LogP contribution >= 0.6 is 22.6 Å². The van der Waals surface area contributed by atoms with Crippen molar-refractivity contribution in [1.82, 2.24) is 0 Å². The third-order valence-corrected chi connectivity index (χ3v) is 8.59. The molecule has 0 amide bonds. The van der Waals surface area contributed by atoms with E-state index in [-0.39, 0.29) is 0 Å². The van der Waals surface area contributed by atoms with Gasteiger partial charge in [0.25, 0.3) is 0 Å². The summed E-state index contributed by atoms with van der Waals surface area (Å²) in [6.45, 7) is 8.23. The van der Waals surface area contributed by atoms with Gasteiger partial charge in [-0.1, -0.05) is 49.8 Å². The van der Waals surface area contributed by atoms with Crippen LogP contribution < -0.4 is 0 Å². The Balaban J connectivity index is 4.11. The number of rotatable bonds is 9. The minimum absolute atomic E-state index is 0.860. The summed E-state index contributed by atoms with van der Waals surface area (Å²) in [4.78, 5) is 0. The highest BCUT2D eigenvalue weighted by molar-refractivity contribution is 14.1. The molecular formula is C10H23IO2Si. The van der Waals surface area contributed by atoms with Gasteiger partial charge in [-0.05, 0) is 18.9 Å². The van der Waals surface area contributed by atoms with Crippen molar-refractivity contribution in [1.29, 1.82) is 0 Å². The van der Waals surface area contributed by atoms with Gasteiger partial charge in [0.05, 0.1) is 0 Å². The highest BCUT2D eigenvalue weighted by Gasteiger charge is 2.35. The molecule has 0 aliphatic carbocycles. The fraction of sp³-hybridized carbons (Fsp3) is 1.00. The monoisotopic (exact) mass is 330 g/mol. The SMILES string of the molecule is CCCO[Si](CI)(CCC)OCCC. The van der Waals surface area contributed by atoms with Crippen LogP contribution in [0, 0.1) is 0 Å². The molecule has 0 atom stereocenters. The Hall–Kier alpha value is 0.867. The summed E-state index contributed by atoms with van der Waals surface area (Å²) in [5.41, 5.74) is 0. The number of halogens is 1. The van der Waals surface area contributed by atoms with Gasteiger partial charge in [0.15, 0.2) is 0 Å². The topological polar surface area (TPSA) is 18.5 Å². The standard InChI is InChI=1S/C10H23IO2Si/c1-4-7-12-14(10-11,9-6-3)13-8-5-2/h4-10H2,1-3H3. The van der Waals surface area contributed by atoms with Crippen LogP contribution in [0.2, 0.25) is 6.04 Å². The maximum atomic E-state index is 5.98. The summed E-state index contributed by atoms with van der Waals surface area (Å²) in [7, 11) is -1.82. The Labute approximate surface area is 103 Å². The molecule has 86 valence electrons. The first-order chi connectivity index (χ1) is 6.74. The van der Waals surface area contributed by atoms with E-state index in [1.54, 1.807) is 0 Å². The van der Waals surface area contributed by atoms with E-state index in [0.29, 0.717) is 0 Å². The summed E-state index contributed by atoms with van der Waals surface area (Å²) >= 11 is 2.42. The van der Waals surface area contributed by atoms with Gasteiger partial charge in [-0.25, -0.2) is 0 Å². The highest BCUT2D eigenvalue weighted by Crippen LogP contribution is 2.19. The molecule has 0 aromatic carbocycles. The predicted molar refractivity (Wildman–Crippen MR) is 72.2 cm³/mol. The third kappa shape index (κ3) is 5.68. The first kappa shape index (κ1) is 14.9. The molecule has 0 rings (SSSR count). The van der Waals surface area contributed by atoms with Crippen LogP contribution in [0.15, 0.2) is 0 Å². The van der Waals surface area contributed by atoms with Crippen molar-refractivity contribution in [2.75, 3.05) is 17.3 Å². The normalized spacial score (nSPS) is 12.0. The summed E-state index contributed by atoms with van der Waals surface area (Å²) in [6.07, 6.45) is 3.35. The van der Waals surface area contributed by atoms with Crippen molar-refractivity contribution in [2.45, 2.75) is 46.1 Å². The highest BCUT2D eigenvalue weighted by atomic mass is 127. The average Bonchev–Trinajstić information content (AvgIpc) is 2.22. The fourth-order valence-corrected chi connectivity index (χ4v) is 6.33. The van der Waals surface area contributed by atoms with Crippen molar-refractivity contribution in [2.24, 2.45) is 0 Å². The largest absolute Gasteiger partial charge is 0.394 e. The molecule has 2 nitrogen and oxygen atoms in total. The Morgan fingerprint density at radius 2 is 1.43 bits per heavy atom. The third-order valence-electron chi connectivity index (χ3n) is 1.97. The van der Waals surface area contributed by atoms with E-state index < -0.39 is 8.56 Å². The maximum Gasteiger partial charge on any atom is 0.348 e. The van der Waals surface area contributed by atoms with E-state index in [2.05, 4.69) is 43.4 Å². The molecule has 0 aliphatic rings. The van der Waals surface area contributed by atoms with Crippen molar-refractivity contribution < 1.29 is 8.85 Å². The molecule has 0 spiro atoms. The fourth-order valence-electron chi connectivity index (χ4n) is 1.29. The van der Waals surface area contributed by atoms with Gasteiger partial charge in [0.1, 0.15) is 0 Å². The molecule has 0 saturated heterocycles. The second kappa shape index (κ2) is 9.12. The minimum Gasteiger partial charge on any atom is -0.394 e. The van der Waals surface area contributed by atoms with Crippen LogP contribution in [0.25, 0.3) is 0 Å². The van der Waals surface area contributed by atoms with Crippen LogP contribution in [0.5, 0.6) is 0 Å². The van der Waals surface area contributed by atoms with Gasteiger partial charge < -0.3 is 8.85 Å². The molecule has 0 aromatic heterocycles. The van der Waals surface area contributed by atoms with E-state index in [4.69, 9.17) is 8.85 Å². The van der Waals surface area contributed by atoms with Gasteiger partial charge in [0, 0.05) is 17.3 Å². The molecule has 0 fully saturated rings. The van der Waals surface area contributed by atoms with E-state index in [0.717, 1.165) is 36.2 Å². The number of alkyl halides is 1. The van der Waals surface area contributed by atoms with Crippen LogP contribution in [-0.4, -0.2) is 25.8 Å². The molecule has 0 radical (unpaired) electrons. The molecule has 14 heavy (non-hydrogen) atoms. The Kier molecular flexibility index (Phi) is 9.68. The van der Waals surface area contributed by atoms with E-state index in [1.165, 1.54) is 6.42 Å². The zero-order valence-electron chi connectivity index (χ0n) is 9.64. The smallest absolute Gasteiger partial charge is 0.348 e. The number of hydrogen-bond acceptors (Lipinski definition) is 2. The second-order valence-corrected chi connectivity index (χ2v) is 8.95. The van der Waals surface area contributed by atoms with Gasteiger partial charge in [-0.3, -0.25) is 0 Å². The summed E-state index contributed by atoms with van der Waals surface area (Å²) in [6, 6.07) is 1.13. The lowest BCUT2D eigenvalue weighted by Crippen LogP contribution is -2.45. The lowest BCUT2D eigenvalue weighted by molar-refractivity contribution is 0.173. The maximum absolute atomic E-state index is 5.98. The van der Waals surface area contributed by atoms with Crippen LogP contribution in [0.4, 0.5) is 0 Å². The molecule has 0 saturated carbocycles. The minimum atomic E-state index is -1.82. The Bertz CT molecular complexity index is 125.